The summed E-state index contributed by atoms with van der Waals surface area (Å²) in [7, 11) is 0. The molecule has 0 spiro atoms. The average molecular weight is 256 g/mol. The topological polar surface area (TPSA) is 83.8 Å². The number of nitrogens with one attached hydrogen (secondary N) is 2. The van der Waals surface area contributed by atoms with E-state index in [1.54, 1.807) is 0 Å². The van der Waals surface area contributed by atoms with Crippen LogP contribution >= 0.6 is 0 Å². The lowest BCUT2D eigenvalue weighted by atomic mass is 9.83. The monoisotopic (exact) mass is 256 g/mol. The molecule has 0 amide bonds. The highest BCUT2D eigenvalue weighted by molar-refractivity contribution is 5.68. The van der Waals surface area contributed by atoms with Crippen molar-refractivity contribution in [3.05, 3.63) is 41.1 Å². The van der Waals surface area contributed by atoms with Crippen LogP contribution in [0.15, 0.2) is 24.3 Å². The van der Waals surface area contributed by atoms with E-state index in [-0.39, 0.29) is 12.0 Å². The highest BCUT2D eigenvalue weighted by Gasteiger charge is 2.30. The summed E-state index contributed by atoms with van der Waals surface area (Å²) in [5.41, 5.74) is 9.81. The molecule has 2 atom stereocenters. The van der Waals surface area contributed by atoms with Gasteiger partial charge in [0.1, 0.15) is 6.29 Å². The molecule has 3 rings (SSSR count). The Kier molecular flexibility index (Phi) is 2.74. The molecule has 1 aliphatic rings. The lowest BCUT2D eigenvalue weighted by Crippen LogP contribution is -2.29. The summed E-state index contributed by atoms with van der Waals surface area (Å²) in [5.74, 6) is 0.952. The third-order valence-electron chi connectivity index (χ3n) is 3.66. The molecule has 5 heteroatoms. The van der Waals surface area contributed by atoms with Crippen LogP contribution in [-0.2, 0) is 4.79 Å². The molecule has 0 bridgehead atoms. The van der Waals surface area contributed by atoms with Crippen LogP contribution in [0.1, 0.15) is 29.2 Å². The Morgan fingerprint density at radius 1 is 1.37 bits per heavy atom. The number of aldehydes is 1. The molecular weight excluding hydrogens is 240 g/mol. The Morgan fingerprint density at radius 2 is 2.11 bits per heavy atom. The molecule has 0 fully saturated rings. The summed E-state index contributed by atoms with van der Waals surface area (Å²) in [4.78, 5) is 11.1. The molecule has 1 aromatic carbocycles. The first-order valence-electron chi connectivity index (χ1n) is 6.31. The second-order valence-electron chi connectivity index (χ2n) is 4.95. The van der Waals surface area contributed by atoms with Crippen LogP contribution in [0.5, 0.6) is 0 Å². The number of nitrogen functional groups attached to an aromatic ring is 1. The summed E-state index contributed by atoms with van der Waals surface area (Å²) in [6.45, 7) is 2.00. The van der Waals surface area contributed by atoms with Crippen molar-refractivity contribution in [3.8, 4) is 0 Å². The van der Waals surface area contributed by atoms with Crippen molar-refractivity contribution in [2.45, 2.75) is 25.3 Å². The third-order valence-corrected chi connectivity index (χ3v) is 3.66. The van der Waals surface area contributed by atoms with Crippen molar-refractivity contribution in [1.29, 1.82) is 0 Å². The number of nitrogens with two attached hydrogens (primary N) is 1. The van der Waals surface area contributed by atoms with Crippen LogP contribution < -0.4 is 11.1 Å². The number of fused-ring (bicyclic) bond motifs is 1. The molecule has 2 unspecified atom stereocenters. The van der Waals surface area contributed by atoms with Gasteiger partial charge >= 0.3 is 0 Å². The highest BCUT2D eigenvalue weighted by Crippen LogP contribution is 2.39. The van der Waals surface area contributed by atoms with Crippen molar-refractivity contribution in [1.82, 2.24) is 10.2 Å². The molecule has 5 nitrogen and oxygen atoms in total. The van der Waals surface area contributed by atoms with Crippen LogP contribution in [0.25, 0.3) is 0 Å². The first kappa shape index (κ1) is 11.8. The maximum Gasteiger partial charge on any atom is 0.152 e. The average Bonchev–Trinajstić information content (AvgIpc) is 2.80. The number of anilines is 2. The molecule has 0 aliphatic carbocycles. The number of aromatic amines is 1. The Hall–Kier alpha value is -2.30. The largest absolute Gasteiger partial charge is 0.399 e. The van der Waals surface area contributed by atoms with Gasteiger partial charge in [-0.15, -0.1) is 0 Å². The minimum Gasteiger partial charge on any atom is -0.399 e. The Balaban J connectivity index is 2.06. The van der Waals surface area contributed by atoms with E-state index in [0.29, 0.717) is 0 Å². The second kappa shape index (κ2) is 4.42. The SMILES string of the molecule is Cc1[nH]nc2c1C(c1ccc(N)cc1)CC(C=O)N2. The fourth-order valence-corrected chi connectivity index (χ4v) is 2.70. The van der Waals surface area contributed by atoms with Gasteiger partial charge in [0, 0.05) is 22.9 Å². The van der Waals surface area contributed by atoms with Crippen molar-refractivity contribution in [3.63, 3.8) is 0 Å². The number of aromatic nitrogens is 2. The molecule has 19 heavy (non-hydrogen) atoms. The first-order valence-corrected chi connectivity index (χ1v) is 6.31. The van der Waals surface area contributed by atoms with Gasteiger partial charge in [-0.1, -0.05) is 12.1 Å². The van der Waals surface area contributed by atoms with Crippen LogP contribution in [-0.4, -0.2) is 22.5 Å². The quantitative estimate of drug-likeness (QED) is 0.565. The van der Waals surface area contributed by atoms with E-state index in [4.69, 9.17) is 5.73 Å². The number of H-pyrrole nitrogens is 1. The van der Waals surface area contributed by atoms with E-state index in [9.17, 15) is 4.79 Å². The summed E-state index contributed by atoms with van der Waals surface area (Å²) in [6, 6.07) is 7.62. The number of rotatable bonds is 2. The second-order valence-corrected chi connectivity index (χ2v) is 4.95. The molecule has 0 radical (unpaired) electrons. The number of hydrogen-bond acceptors (Lipinski definition) is 4. The van der Waals surface area contributed by atoms with Crippen LogP contribution in [0.2, 0.25) is 0 Å². The van der Waals surface area contributed by atoms with E-state index in [1.165, 1.54) is 0 Å². The molecule has 0 saturated carbocycles. The van der Waals surface area contributed by atoms with Crippen molar-refractivity contribution >= 4 is 17.8 Å². The predicted molar refractivity (Wildman–Crippen MR) is 74.1 cm³/mol. The van der Waals surface area contributed by atoms with Gasteiger partial charge in [-0.25, -0.2) is 0 Å². The minimum atomic E-state index is -0.197. The molecule has 2 aromatic rings. The molecule has 0 saturated heterocycles. The number of benzene rings is 1. The van der Waals surface area contributed by atoms with Crippen LogP contribution in [0, 0.1) is 6.92 Å². The van der Waals surface area contributed by atoms with Gasteiger partial charge in [-0.3, -0.25) is 5.10 Å². The molecule has 1 aliphatic heterocycles. The van der Waals surface area contributed by atoms with E-state index in [0.717, 1.165) is 41.0 Å². The Morgan fingerprint density at radius 3 is 2.79 bits per heavy atom. The Bertz CT molecular complexity index is 602. The van der Waals surface area contributed by atoms with Gasteiger partial charge in [-0.05, 0) is 31.0 Å². The van der Waals surface area contributed by atoms with E-state index >= 15 is 0 Å². The number of aryl methyl sites for hydroxylation is 1. The first-order chi connectivity index (χ1) is 9.19. The van der Waals surface area contributed by atoms with Crippen molar-refractivity contribution < 1.29 is 4.79 Å². The Labute approximate surface area is 111 Å². The molecular formula is C14H16N4O. The zero-order valence-corrected chi connectivity index (χ0v) is 10.7. The van der Waals surface area contributed by atoms with Gasteiger partial charge in [0.05, 0.1) is 6.04 Å². The van der Waals surface area contributed by atoms with Gasteiger partial charge in [0.15, 0.2) is 5.82 Å². The lowest BCUT2D eigenvalue weighted by molar-refractivity contribution is -0.108. The number of hydrogen-bond donors (Lipinski definition) is 3. The summed E-state index contributed by atoms with van der Waals surface area (Å²) >= 11 is 0. The molecule has 1 aromatic heterocycles. The summed E-state index contributed by atoms with van der Waals surface area (Å²) in [6.07, 6.45) is 1.68. The van der Waals surface area contributed by atoms with E-state index < -0.39 is 0 Å². The summed E-state index contributed by atoms with van der Waals surface area (Å²) < 4.78 is 0. The van der Waals surface area contributed by atoms with Gasteiger partial charge in [-0.2, -0.15) is 5.10 Å². The third kappa shape index (κ3) is 1.97. The molecule has 2 heterocycles. The van der Waals surface area contributed by atoms with Crippen LogP contribution in [0.4, 0.5) is 11.5 Å². The van der Waals surface area contributed by atoms with Crippen molar-refractivity contribution in [2.75, 3.05) is 11.1 Å². The van der Waals surface area contributed by atoms with Gasteiger partial charge < -0.3 is 15.8 Å². The minimum absolute atomic E-state index is 0.172. The highest BCUT2D eigenvalue weighted by atomic mass is 16.1. The number of carbonyl (C=O) groups excluding carboxylic acids is 1. The van der Waals surface area contributed by atoms with Gasteiger partial charge in [0.2, 0.25) is 0 Å². The van der Waals surface area contributed by atoms with Gasteiger partial charge in [0.25, 0.3) is 0 Å². The lowest BCUT2D eigenvalue weighted by Gasteiger charge is -2.28. The van der Waals surface area contributed by atoms with Crippen LogP contribution in [0.3, 0.4) is 0 Å². The van der Waals surface area contributed by atoms with E-state index in [2.05, 4.69) is 15.5 Å². The number of nitrogens with zero attached hydrogens (tertiary/aromatic N) is 1. The zero-order valence-electron chi connectivity index (χ0n) is 10.7. The maximum absolute atomic E-state index is 11.1. The standard InChI is InChI=1S/C14H16N4O/c1-8-13-12(9-2-4-10(15)5-3-9)6-11(7-19)16-14(13)18-17-8/h2-5,7,11-12H,6,15H2,1H3,(H2,16,17,18). The smallest absolute Gasteiger partial charge is 0.152 e. The molecule has 98 valence electrons. The zero-order chi connectivity index (χ0) is 13.4. The fourth-order valence-electron chi connectivity index (χ4n) is 2.70. The summed E-state index contributed by atoms with van der Waals surface area (Å²) in [5, 5.41) is 10.4. The maximum atomic E-state index is 11.1. The number of carbonyl (C=O) groups is 1. The fraction of sp³-hybridized carbons (Fsp3) is 0.286. The normalized spacial score (nSPS) is 21.5. The van der Waals surface area contributed by atoms with Crippen molar-refractivity contribution in [2.24, 2.45) is 0 Å². The molecule has 4 N–H and O–H groups in total. The predicted octanol–water partition coefficient (Wildman–Crippen LogP) is 1.82. The van der Waals surface area contributed by atoms with E-state index in [1.807, 2.05) is 31.2 Å².